The van der Waals surface area contributed by atoms with Crippen LogP contribution in [0.5, 0.6) is 17.2 Å². The number of phenolic OH excluding ortho intramolecular Hbond substituents is 3. The summed E-state index contributed by atoms with van der Waals surface area (Å²) in [5.74, 6) is -1.98. The Morgan fingerprint density at radius 3 is 2.16 bits per heavy atom. The predicted molar refractivity (Wildman–Crippen MR) is 86.4 cm³/mol. The van der Waals surface area contributed by atoms with Crippen LogP contribution in [0.3, 0.4) is 0 Å². The lowest BCUT2D eigenvalue weighted by atomic mass is 10.0. The molecule has 8 nitrogen and oxygen atoms in total. The number of phenols is 3. The van der Waals surface area contributed by atoms with Crippen LogP contribution in [0, 0.1) is 0 Å². The zero-order chi connectivity index (χ0) is 18.6. The van der Waals surface area contributed by atoms with Gasteiger partial charge in [0.1, 0.15) is 17.2 Å². The van der Waals surface area contributed by atoms with Gasteiger partial charge < -0.3 is 30.7 Å². The SMILES string of the molecule is O=C(O)[C@](O)(Cc1ccc(O)cc1)N(O)CCc1ccc(O)cc1O. The fraction of sp³-hybridized carbons (Fsp3) is 0.235. The number of aliphatic carboxylic acids is 1. The van der Waals surface area contributed by atoms with E-state index in [4.69, 9.17) is 0 Å². The highest BCUT2D eigenvalue weighted by Gasteiger charge is 2.42. The van der Waals surface area contributed by atoms with Crippen molar-refractivity contribution in [3.8, 4) is 17.2 Å². The van der Waals surface area contributed by atoms with Crippen molar-refractivity contribution in [2.75, 3.05) is 6.54 Å². The largest absolute Gasteiger partial charge is 0.508 e. The number of aromatic hydroxyl groups is 3. The Labute approximate surface area is 143 Å². The molecular weight excluding hydrogens is 330 g/mol. The Balaban J connectivity index is 2.12. The maximum absolute atomic E-state index is 11.5. The van der Waals surface area contributed by atoms with Crippen molar-refractivity contribution in [3.63, 3.8) is 0 Å². The first kappa shape index (κ1) is 18.5. The summed E-state index contributed by atoms with van der Waals surface area (Å²) in [4.78, 5) is 11.5. The second-order valence-electron chi connectivity index (χ2n) is 5.65. The van der Waals surface area contributed by atoms with E-state index in [9.17, 15) is 35.5 Å². The number of aliphatic hydroxyl groups is 1. The maximum Gasteiger partial charge on any atom is 0.353 e. The first-order valence-electron chi connectivity index (χ1n) is 7.43. The summed E-state index contributed by atoms with van der Waals surface area (Å²) < 4.78 is 0. The third-order valence-corrected chi connectivity index (χ3v) is 3.82. The van der Waals surface area contributed by atoms with Crippen LogP contribution in [-0.4, -0.2) is 54.0 Å². The lowest BCUT2D eigenvalue weighted by molar-refractivity contribution is -0.261. The van der Waals surface area contributed by atoms with Crippen molar-refractivity contribution in [1.82, 2.24) is 5.06 Å². The van der Waals surface area contributed by atoms with Gasteiger partial charge in [-0.05, 0) is 35.7 Å². The normalized spacial score (nSPS) is 13.6. The van der Waals surface area contributed by atoms with E-state index in [1.165, 1.54) is 36.4 Å². The van der Waals surface area contributed by atoms with Crippen LogP contribution >= 0.6 is 0 Å². The van der Waals surface area contributed by atoms with Gasteiger partial charge in [-0.1, -0.05) is 18.2 Å². The van der Waals surface area contributed by atoms with Crippen molar-refractivity contribution in [3.05, 3.63) is 53.6 Å². The van der Waals surface area contributed by atoms with Crippen LogP contribution in [0.4, 0.5) is 0 Å². The highest BCUT2D eigenvalue weighted by Crippen LogP contribution is 2.25. The molecule has 0 aliphatic heterocycles. The number of hydrogen-bond acceptors (Lipinski definition) is 7. The van der Waals surface area contributed by atoms with Crippen molar-refractivity contribution >= 4 is 5.97 Å². The number of nitrogens with zero attached hydrogens (tertiary/aromatic N) is 1. The average molecular weight is 349 g/mol. The number of benzene rings is 2. The zero-order valence-corrected chi connectivity index (χ0v) is 13.2. The van der Waals surface area contributed by atoms with E-state index in [1.54, 1.807) is 0 Å². The van der Waals surface area contributed by atoms with Crippen LogP contribution in [-0.2, 0) is 17.6 Å². The first-order valence-corrected chi connectivity index (χ1v) is 7.43. The lowest BCUT2D eigenvalue weighted by Gasteiger charge is -2.31. The van der Waals surface area contributed by atoms with Gasteiger partial charge in [-0.3, -0.25) is 0 Å². The molecule has 1 atom stereocenters. The van der Waals surface area contributed by atoms with E-state index >= 15 is 0 Å². The van der Waals surface area contributed by atoms with E-state index < -0.39 is 18.1 Å². The number of carbonyl (C=O) groups is 1. The molecule has 6 N–H and O–H groups in total. The van der Waals surface area contributed by atoms with Crippen LogP contribution < -0.4 is 0 Å². The molecule has 8 heteroatoms. The minimum Gasteiger partial charge on any atom is -0.508 e. The number of hydroxylamine groups is 2. The lowest BCUT2D eigenvalue weighted by Crippen LogP contribution is -2.55. The molecule has 0 spiro atoms. The molecule has 25 heavy (non-hydrogen) atoms. The van der Waals surface area contributed by atoms with Gasteiger partial charge in [-0.2, -0.15) is 0 Å². The van der Waals surface area contributed by atoms with Crippen LogP contribution in [0.1, 0.15) is 11.1 Å². The van der Waals surface area contributed by atoms with Gasteiger partial charge in [0, 0.05) is 19.0 Å². The van der Waals surface area contributed by atoms with E-state index in [2.05, 4.69) is 0 Å². The highest BCUT2D eigenvalue weighted by atomic mass is 16.6. The van der Waals surface area contributed by atoms with Gasteiger partial charge in [-0.15, -0.1) is 5.06 Å². The summed E-state index contributed by atoms with van der Waals surface area (Å²) >= 11 is 0. The minimum absolute atomic E-state index is 0.00808. The van der Waals surface area contributed by atoms with Gasteiger partial charge in [0.25, 0.3) is 0 Å². The van der Waals surface area contributed by atoms with Crippen LogP contribution in [0.15, 0.2) is 42.5 Å². The molecule has 2 rings (SSSR count). The molecule has 0 fully saturated rings. The molecule has 2 aromatic rings. The number of carboxylic acid groups (broad SMARTS) is 1. The molecule has 0 aliphatic carbocycles. The molecule has 0 saturated heterocycles. The predicted octanol–water partition coefficient (Wildman–Crippen LogP) is 1.05. The average Bonchev–Trinajstić information content (AvgIpc) is 2.55. The third kappa shape index (κ3) is 4.38. The zero-order valence-electron chi connectivity index (χ0n) is 13.2. The molecule has 0 aromatic heterocycles. The second kappa shape index (κ2) is 7.39. The Morgan fingerprint density at radius 2 is 1.60 bits per heavy atom. The van der Waals surface area contributed by atoms with Crippen molar-refractivity contribution < 1.29 is 35.5 Å². The maximum atomic E-state index is 11.5. The van der Waals surface area contributed by atoms with E-state index in [-0.39, 0.29) is 35.3 Å². The fourth-order valence-corrected chi connectivity index (χ4v) is 2.35. The Morgan fingerprint density at radius 1 is 1.00 bits per heavy atom. The smallest absolute Gasteiger partial charge is 0.353 e. The van der Waals surface area contributed by atoms with Crippen LogP contribution in [0.25, 0.3) is 0 Å². The Bertz CT molecular complexity index is 747. The highest BCUT2D eigenvalue weighted by molar-refractivity contribution is 5.76. The molecule has 0 unspecified atom stereocenters. The van der Waals surface area contributed by atoms with Crippen molar-refractivity contribution in [2.45, 2.75) is 18.6 Å². The Hall–Kier alpha value is -2.81. The van der Waals surface area contributed by atoms with E-state index in [0.29, 0.717) is 11.1 Å². The molecular formula is C17H19NO7. The first-order chi connectivity index (χ1) is 11.7. The summed E-state index contributed by atoms with van der Waals surface area (Å²) in [6.07, 6.45) is -0.381. The summed E-state index contributed by atoms with van der Waals surface area (Å²) in [5, 5.41) is 58.3. The molecule has 2 aromatic carbocycles. The summed E-state index contributed by atoms with van der Waals surface area (Å²) in [6, 6.07) is 9.44. The number of hydrogen-bond donors (Lipinski definition) is 6. The topological polar surface area (TPSA) is 142 Å². The van der Waals surface area contributed by atoms with E-state index in [0.717, 1.165) is 6.07 Å². The van der Waals surface area contributed by atoms with Gasteiger partial charge in [0.05, 0.1) is 0 Å². The summed E-state index contributed by atoms with van der Waals surface area (Å²) in [7, 11) is 0. The quantitative estimate of drug-likeness (QED) is 0.322. The summed E-state index contributed by atoms with van der Waals surface area (Å²) in [6.45, 7) is -0.279. The Kier molecular flexibility index (Phi) is 5.48. The molecule has 0 amide bonds. The molecule has 0 radical (unpaired) electrons. The standard InChI is InChI=1S/C17H19NO7/c19-13-4-1-11(2-5-13)10-17(24,16(22)23)18(25)8-7-12-3-6-14(20)9-15(12)21/h1-6,9,19-21,24-25H,7-8,10H2,(H,22,23)/t17-/m1/s1. The molecule has 0 saturated carbocycles. The molecule has 0 heterocycles. The van der Waals surface area contributed by atoms with Crippen molar-refractivity contribution in [1.29, 1.82) is 0 Å². The van der Waals surface area contributed by atoms with Gasteiger partial charge in [0.15, 0.2) is 0 Å². The van der Waals surface area contributed by atoms with Crippen molar-refractivity contribution in [2.24, 2.45) is 0 Å². The van der Waals surface area contributed by atoms with Crippen LogP contribution in [0.2, 0.25) is 0 Å². The van der Waals surface area contributed by atoms with Gasteiger partial charge in [-0.25, -0.2) is 4.79 Å². The van der Waals surface area contributed by atoms with Gasteiger partial charge in [0.2, 0.25) is 5.72 Å². The third-order valence-electron chi connectivity index (χ3n) is 3.82. The fourth-order valence-electron chi connectivity index (χ4n) is 2.35. The van der Waals surface area contributed by atoms with E-state index in [1.807, 2.05) is 0 Å². The summed E-state index contributed by atoms with van der Waals surface area (Å²) in [5.41, 5.74) is -1.81. The number of carboxylic acids is 1. The molecule has 0 aliphatic rings. The molecule has 0 bridgehead atoms. The monoisotopic (exact) mass is 349 g/mol. The minimum atomic E-state index is -2.58. The number of rotatable bonds is 7. The molecule has 134 valence electrons. The second-order valence-corrected chi connectivity index (χ2v) is 5.65. The van der Waals surface area contributed by atoms with Gasteiger partial charge >= 0.3 is 5.97 Å².